The number of ether oxygens (including phenoxy) is 2. The second-order valence-electron chi connectivity index (χ2n) is 5.09. The zero-order valence-electron chi connectivity index (χ0n) is 13.5. The molecule has 23 heavy (non-hydrogen) atoms. The Bertz CT molecular complexity index is 727. The molecule has 1 aromatic carbocycles. The van der Waals surface area contributed by atoms with Crippen molar-refractivity contribution in [3.8, 4) is 5.75 Å². The van der Waals surface area contributed by atoms with Crippen LogP contribution in [0.2, 0.25) is 0 Å². The van der Waals surface area contributed by atoms with Gasteiger partial charge in [-0.2, -0.15) is 15.6 Å². The van der Waals surface area contributed by atoms with Crippen molar-refractivity contribution in [1.29, 1.82) is 0 Å². The van der Waals surface area contributed by atoms with Gasteiger partial charge >= 0.3 is 0 Å². The van der Waals surface area contributed by atoms with E-state index >= 15 is 0 Å². The van der Waals surface area contributed by atoms with Crippen LogP contribution in [0.15, 0.2) is 39.9 Å². The topological polar surface area (TPSA) is 55.8 Å². The monoisotopic (exact) mass is 355 g/mol. The van der Waals surface area contributed by atoms with Crippen LogP contribution in [0, 0.1) is 6.92 Å². The first-order valence-electron chi connectivity index (χ1n) is 7.14. The first-order valence-corrected chi connectivity index (χ1v) is 9.52. The van der Waals surface area contributed by atoms with E-state index in [1.54, 1.807) is 50.7 Å². The second-order valence-corrected chi connectivity index (χ2v) is 7.78. The molecule has 0 fully saturated rings. The summed E-state index contributed by atoms with van der Waals surface area (Å²) in [4.78, 5) is 0.296. The Balaban J connectivity index is 2.34. The molecule has 0 amide bonds. The minimum Gasteiger partial charge on any atom is -0.497 e. The average molecular weight is 355 g/mol. The summed E-state index contributed by atoms with van der Waals surface area (Å²) in [5.41, 5.74) is 1.64. The molecule has 126 valence electrons. The molecular weight excluding hydrogens is 334 g/mol. The van der Waals surface area contributed by atoms with E-state index in [1.807, 2.05) is 16.8 Å². The van der Waals surface area contributed by atoms with Gasteiger partial charge < -0.3 is 9.47 Å². The van der Waals surface area contributed by atoms with Gasteiger partial charge in [-0.05, 0) is 53.1 Å². The van der Waals surface area contributed by atoms with Gasteiger partial charge in [-0.3, -0.25) is 0 Å². The Morgan fingerprint density at radius 2 is 2.00 bits per heavy atom. The molecule has 0 radical (unpaired) electrons. The Kier molecular flexibility index (Phi) is 6.17. The zero-order chi connectivity index (χ0) is 16.9. The lowest BCUT2D eigenvalue weighted by Crippen LogP contribution is -2.33. The highest BCUT2D eigenvalue weighted by Crippen LogP contribution is 2.25. The van der Waals surface area contributed by atoms with Crippen LogP contribution in [-0.2, 0) is 21.3 Å². The number of aryl methyl sites for hydroxylation is 1. The number of methoxy groups -OCH3 is 2. The predicted octanol–water partition coefficient (Wildman–Crippen LogP) is 2.90. The number of sulfonamides is 1. The van der Waals surface area contributed by atoms with E-state index in [-0.39, 0.29) is 0 Å². The Hall–Kier alpha value is -1.41. The summed E-state index contributed by atoms with van der Waals surface area (Å²) in [6.07, 6.45) is 0. The number of hydrogen-bond donors (Lipinski definition) is 0. The van der Waals surface area contributed by atoms with Crippen LogP contribution in [0.4, 0.5) is 0 Å². The molecule has 0 unspecified atom stereocenters. The lowest BCUT2D eigenvalue weighted by Gasteiger charge is -2.22. The molecule has 0 aliphatic heterocycles. The summed E-state index contributed by atoms with van der Waals surface area (Å²) in [7, 11) is -0.479. The highest BCUT2D eigenvalue weighted by Gasteiger charge is 2.26. The van der Waals surface area contributed by atoms with Crippen molar-refractivity contribution in [1.82, 2.24) is 4.31 Å². The summed E-state index contributed by atoms with van der Waals surface area (Å²) < 4.78 is 37.7. The third-order valence-electron chi connectivity index (χ3n) is 3.48. The Morgan fingerprint density at radius 1 is 1.22 bits per heavy atom. The molecule has 0 bridgehead atoms. The summed E-state index contributed by atoms with van der Waals surface area (Å²) in [5, 5.41) is 3.89. The highest BCUT2D eigenvalue weighted by molar-refractivity contribution is 7.89. The quantitative estimate of drug-likeness (QED) is 0.731. The average Bonchev–Trinajstić information content (AvgIpc) is 3.03. The molecule has 0 atom stereocenters. The van der Waals surface area contributed by atoms with Gasteiger partial charge in [-0.25, -0.2) is 8.42 Å². The molecule has 1 heterocycles. The third-order valence-corrected chi connectivity index (χ3v) is 6.22. The smallest absolute Gasteiger partial charge is 0.243 e. The molecule has 0 aliphatic rings. The molecule has 0 N–H and O–H groups in total. The van der Waals surface area contributed by atoms with Gasteiger partial charge in [-0.15, -0.1) is 0 Å². The first-order chi connectivity index (χ1) is 11.0. The van der Waals surface area contributed by atoms with Gasteiger partial charge in [0.1, 0.15) is 5.75 Å². The van der Waals surface area contributed by atoms with Gasteiger partial charge in [0.2, 0.25) is 10.0 Å². The standard InChI is InChI=1S/C16H21NO4S2/c1-13-10-15(21-3)4-5-16(13)23(18,19)17(7-8-20-2)11-14-6-9-22-12-14/h4-6,9-10,12H,7-8,11H2,1-3H3. The van der Waals surface area contributed by atoms with E-state index in [1.165, 1.54) is 4.31 Å². The molecular formula is C16H21NO4S2. The summed E-state index contributed by atoms with van der Waals surface area (Å²) in [6.45, 7) is 2.76. The van der Waals surface area contributed by atoms with Gasteiger partial charge in [0.05, 0.1) is 18.6 Å². The van der Waals surface area contributed by atoms with E-state index in [9.17, 15) is 8.42 Å². The maximum Gasteiger partial charge on any atom is 0.243 e. The first kappa shape index (κ1) is 17.9. The molecule has 5 nitrogen and oxygen atoms in total. The van der Waals surface area contributed by atoms with Crippen molar-refractivity contribution in [3.63, 3.8) is 0 Å². The Labute approximate surface area is 141 Å². The van der Waals surface area contributed by atoms with Crippen molar-refractivity contribution in [3.05, 3.63) is 46.2 Å². The number of rotatable bonds is 8. The summed E-state index contributed by atoms with van der Waals surface area (Å²) >= 11 is 1.55. The third kappa shape index (κ3) is 4.32. The number of nitrogens with zero attached hydrogens (tertiary/aromatic N) is 1. The fourth-order valence-corrected chi connectivity index (χ4v) is 4.52. The van der Waals surface area contributed by atoms with Gasteiger partial charge in [0, 0.05) is 20.2 Å². The Morgan fingerprint density at radius 3 is 2.57 bits per heavy atom. The van der Waals surface area contributed by atoms with E-state index in [4.69, 9.17) is 9.47 Å². The second kappa shape index (κ2) is 7.92. The molecule has 0 aliphatic carbocycles. The van der Waals surface area contributed by atoms with Crippen molar-refractivity contribution in [2.24, 2.45) is 0 Å². The normalized spacial score (nSPS) is 11.8. The minimum atomic E-state index is -3.60. The van der Waals surface area contributed by atoms with E-state index < -0.39 is 10.0 Å². The van der Waals surface area contributed by atoms with Crippen LogP contribution in [-0.4, -0.2) is 40.1 Å². The molecule has 0 spiro atoms. The fourth-order valence-electron chi connectivity index (χ4n) is 2.24. The van der Waals surface area contributed by atoms with Gasteiger partial charge in [0.25, 0.3) is 0 Å². The van der Waals surface area contributed by atoms with Crippen molar-refractivity contribution in [2.45, 2.75) is 18.4 Å². The molecule has 1 aromatic heterocycles. The van der Waals surface area contributed by atoms with E-state index in [0.717, 1.165) is 5.56 Å². The van der Waals surface area contributed by atoms with Crippen molar-refractivity contribution < 1.29 is 17.9 Å². The van der Waals surface area contributed by atoms with Crippen LogP contribution in [0.1, 0.15) is 11.1 Å². The van der Waals surface area contributed by atoms with Crippen LogP contribution >= 0.6 is 11.3 Å². The highest BCUT2D eigenvalue weighted by atomic mass is 32.2. The van der Waals surface area contributed by atoms with Crippen LogP contribution in [0.25, 0.3) is 0 Å². The predicted molar refractivity (Wildman–Crippen MR) is 91.5 cm³/mol. The lowest BCUT2D eigenvalue weighted by atomic mass is 10.2. The summed E-state index contributed by atoms with van der Waals surface area (Å²) in [6, 6.07) is 6.92. The molecule has 7 heteroatoms. The number of hydrogen-bond acceptors (Lipinski definition) is 5. The van der Waals surface area contributed by atoms with Crippen LogP contribution < -0.4 is 4.74 Å². The van der Waals surface area contributed by atoms with Gasteiger partial charge in [0.15, 0.2) is 0 Å². The molecule has 2 aromatic rings. The van der Waals surface area contributed by atoms with E-state index in [2.05, 4.69) is 0 Å². The lowest BCUT2D eigenvalue weighted by molar-refractivity contribution is 0.177. The molecule has 0 saturated heterocycles. The maximum absolute atomic E-state index is 13.0. The van der Waals surface area contributed by atoms with Gasteiger partial charge in [-0.1, -0.05) is 0 Å². The summed E-state index contributed by atoms with van der Waals surface area (Å²) in [5.74, 6) is 0.641. The zero-order valence-corrected chi connectivity index (χ0v) is 15.1. The van der Waals surface area contributed by atoms with Crippen LogP contribution in [0.5, 0.6) is 5.75 Å². The molecule has 0 saturated carbocycles. The minimum absolute atomic E-state index is 0.296. The number of thiophene rings is 1. The van der Waals surface area contributed by atoms with Crippen molar-refractivity contribution in [2.75, 3.05) is 27.4 Å². The molecule has 2 rings (SSSR count). The fraction of sp³-hybridized carbons (Fsp3) is 0.375. The van der Waals surface area contributed by atoms with E-state index in [0.29, 0.717) is 35.9 Å². The largest absolute Gasteiger partial charge is 0.497 e. The maximum atomic E-state index is 13.0. The van der Waals surface area contributed by atoms with Crippen LogP contribution in [0.3, 0.4) is 0 Å². The number of benzene rings is 1. The SMILES string of the molecule is COCCN(Cc1ccsc1)S(=O)(=O)c1ccc(OC)cc1C. The van der Waals surface area contributed by atoms with Crippen molar-refractivity contribution >= 4 is 21.4 Å².